The van der Waals surface area contributed by atoms with Gasteiger partial charge in [-0.3, -0.25) is 0 Å². The predicted octanol–water partition coefficient (Wildman–Crippen LogP) is 3.65. The Morgan fingerprint density at radius 2 is 1.44 bits per heavy atom. The van der Waals surface area contributed by atoms with Crippen LogP contribution in [-0.4, -0.2) is 13.1 Å². The molecule has 0 heterocycles. The van der Waals surface area contributed by atoms with E-state index in [1.165, 1.54) is 5.69 Å². The third-order valence-electron chi connectivity index (χ3n) is 2.33. The van der Waals surface area contributed by atoms with E-state index < -0.39 is 0 Å². The molecule has 0 radical (unpaired) electrons. The van der Waals surface area contributed by atoms with E-state index in [9.17, 15) is 0 Å². The Bertz CT molecular complexity index is 289. The molecule has 2 aromatic rings. The van der Waals surface area contributed by atoms with Gasteiger partial charge in [0.25, 0.3) is 0 Å². The number of hydrogen-bond acceptors (Lipinski definition) is 1. The zero-order valence-electron chi connectivity index (χ0n) is 9.91. The van der Waals surface area contributed by atoms with Crippen molar-refractivity contribution in [2.24, 2.45) is 0 Å². The van der Waals surface area contributed by atoms with Gasteiger partial charge in [-0.25, -0.2) is 24.3 Å². The molecule has 0 unspecified atom stereocenters. The van der Waals surface area contributed by atoms with Gasteiger partial charge in [0, 0.05) is 13.1 Å². The summed E-state index contributed by atoms with van der Waals surface area (Å²) in [4.78, 5) is 2.33. The molecular formula is C14H19FeN. The van der Waals surface area contributed by atoms with Gasteiger partial charge in [0.2, 0.25) is 0 Å². The smallest absolute Gasteiger partial charge is 0.424 e. The molecule has 0 amide bonds. The number of rotatable bonds is 3. The van der Waals surface area contributed by atoms with Gasteiger partial charge in [0.15, 0.2) is 0 Å². The molecule has 0 bridgehead atoms. The van der Waals surface area contributed by atoms with Crippen molar-refractivity contribution >= 4 is 5.69 Å². The van der Waals surface area contributed by atoms with E-state index in [0.717, 1.165) is 13.1 Å². The van der Waals surface area contributed by atoms with Crippen molar-refractivity contribution in [3.05, 3.63) is 54.6 Å². The third-order valence-corrected chi connectivity index (χ3v) is 2.33. The van der Waals surface area contributed by atoms with Crippen LogP contribution >= 0.6 is 0 Å². The Kier molecular flexibility index (Phi) is 8.69. The first-order valence-corrected chi connectivity index (χ1v) is 5.51. The minimum atomic E-state index is 0. The van der Waals surface area contributed by atoms with Crippen molar-refractivity contribution in [1.29, 1.82) is 0 Å². The average Bonchev–Trinajstić information content (AvgIpc) is 2.96. The second-order valence-electron chi connectivity index (χ2n) is 3.28. The molecule has 0 fully saturated rings. The average molecular weight is 257 g/mol. The summed E-state index contributed by atoms with van der Waals surface area (Å²) in [6, 6.07) is 18.4. The Morgan fingerprint density at radius 3 is 1.75 bits per heavy atom. The fourth-order valence-corrected chi connectivity index (χ4v) is 1.48. The van der Waals surface area contributed by atoms with Gasteiger partial charge in [0.1, 0.15) is 0 Å². The summed E-state index contributed by atoms with van der Waals surface area (Å²) in [5.41, 5.74) is 1.34. The normalized spacial score (nSPS) is 8.62. The van der Waals surface area contributed by atoms with Crippen molar-refractivity contribution in [1.82, 2.24) is 0 Å². The Labute approximate surface area is 109 Å². The van der Waals surface area contributed by atoms with Gasteiger partial charge in [-0.15, -0.1) is 0 Å². The van der Waals surface area contributed by atoms with Crippen LogP contribution in [0.25, 0.3) is 0 Å². The Morgan fingerprint density at radius 1 is 0.938 bits per heavy atom. The van der Waals surface area contributed by atoms with E-state index in [2.05, 4.69) is 43.0 Å². The van der Waals surface area contributed by atoms with Crippen molar-refractivity contribution in [2.45, 2.75) is 13.8 Å². The number of nitrogens with zero attached hydrogens (tertiary/aromatic N) is 1. The fraction of sp³-hybridized carbons (Fsp3) is 0.286. The first kappa shape index (κ1) is 15.0. The van der Waals surface area contributed by atoms with Crippen LogP contribution in [0.1, 0.15) is 13.8 Å². The van der Waals surface area contributed by atoms with Crippen LogP contribution in [-0.2, 0) is 17.1 Å². The van der Waals surface area contributed by atoms with Crippen LogP contribution in [0.5, 0.6) is 0 Å². The van der Waals surface area contributed by atoms with Gasteiger partial charge in [-0.05, 0) is 13.8 Å². The molecule has 0 saturated carbocycles. The topological polar surface area (TPSA) is 3.24 Å². The molecule has 2 heteroatoms. The first-order valence-electron chi connectivity index (χ1n) is 5.51. The van der Waals surface area contributed by atoms with Gasteiger partial charge in [-0.2, -0.15) is 30.3 Å². The number of anilines is 1. The van der Waals surface area contributed by atoms with Crippen LogP contribution in [0.3, 0.4) is 0 Å². The predicted molar refractivity (Wildman–Crippen MR) is 67.6 cm³/mol. The maximum atomic E-state index is 2.33. The maximum absolute atomic E-state index is 2.33. The molecule has 0 aliphatic heterocycles. The minimum absolute atomic E-state index is 0. The molecule has 16 heavy (non-hydrogen) atoms. The van der Waals surface area contributed by atoms with Crippen molar-refractivity contribution < 1.29 is 17.1 Å². The summed E-state index contributed by atoms with van der Waals surface area (Å²) in [5.74, 6) is 0. The molecule has 0 aromatic heterocycles. The van der Waals surface area contributed by atoms with Crippen LogP contribution < -0.4 is 4.90 Å². The van der Waals surface area contributed by atoms with Gasteiger partial charge >= 0.3 is 17.1 Å². The first-order chi connectivity index (χ1) is 7.38. The summed E-state index contributed by atoms with van der Waals surface area (Å²) in [7, 11) is 0. The zero-order valence-corrected chi connectivity index (χ0v) is 11.0. The van der Waals surface area contributed by atoms with E-state index in [1.807, 2.05) is 30.3 Å². The quantitative estimate of drug-likeness (QED) is 0.599. The second-order valence-corrected chi connectivity index (χ2v) is 3.28. The fourth-order valence-electron chi connectivity index (χ4n) is 1.48. The van der Waals surface area contributed by atoms with E-state index in [-0.39, 0.29) is 17.1 Å². The molecule has 0 N–H and O–H groups in total. The molecule has 2 aromatic carbocycles. The molecule has 0 aliphatic carbocycles. The van der Waals surface area contributed by atoms with Crippen LogP contribution in [0.2, 0.25) is 0 Å². The summed E-state index contributed by atoms with van der Waals surface area (Å²) in [6.07, 6.45) is 0. The second kappa shape index (κ2) is 9.26. The summed E-state index contributed by atoms with van der Waals surface area (Å²) in [5, 5.41) is 0. The SMILES string of the molecule is CCN(CC)[c-]1cccc1.[Fe+2].c1cc[cH-]c1. The minimum Gasteiger partial charge on any atom is -0.424 e. The molecule has 0 spiro atoms. The molecular weight excluding hydrogens is 238 g/mol. The largest absolute Gasteiger partial charge is 2.00 e. The summed E-state index contributed by atoms with van der Waals surface area (Å²) < 4.78 is 0. The molecule has 0 aliphatic rings. The summed E-state index contributed by atoms with van der Waals surface area (Å²) in [6.45, 7) is 6.55. The van der Waals surface area contributed by atoms with Gasteiger partial charge < -0.3 is 4.90 Å². The standard InChI is InChI=1S/C9H14N.C5H5.Fe/c1-3-10(4-2)9-7-5-6-8-9;1-2-4-5-3-1;/h5-8H,3-4H2,1-2H3;1-5H;/q2*-1;+2. The Balaban J connectivity index is 0.000000318. The maximum Gasteiger partial charge on any atom is 2.00 e. The van der Waals surface area contributed by atoms with E-state index in [0.29, 0.717) is 0 Å². The van der Waals surface area contributed by atoms with Crippen molar-refractivity contribution in [3.63, 3.8) is 0 Å². The van der Waals surface area contributed by atoms with E-state index in [4.69, 9.17) is 0 Å². The molecule has 2 rings (SSSR count). The zero-order chi connectivity index (χ0) is 10.9. The van der Waals surface area contributed by atoms with Crippen molar-refractivity contribution in [3.8, 4) is 0 Å². The molecule has 88 valence electrons. The summed E-state index contributed by atoms with van der Waals surface area (Å²) >= 11 is 0. The molecule has 1 nitrogen and oxygen atoms in total. The van der Waals surface area contributed by atoms with Crippen LogP contribution in [0.15, 0.2) is 54.6 Å². The number of hydrogen-bond donors (Lipinski definition) is 0. The van der Waals surface area contributed by atoms with E-state index >= 15 is 0 Å². The van der Waals surface area contributed by atoms with Gasteiger partial charge in [-0.1, -0.05) is 5.69 Å². The molecule has 0 atom stereocenters. The van der Waals surface area contributed by atoms with E-state index in [1.54, 1.807) is 0 Å². The third kappa shape index (κ3) is 5.20. The van der Waals surface area contributed by atoms with Gasteiger partial charge in [0.05, 0.1) is 0 Å². The monoisotopic (exact) mass is 257 g/mol. The van der Waals surface area contributed by atoms with Crippen LogP contribution in [0.4, 0.5) is 5.69 Å². The van der Waals surface area contributed by atoms with Crippen molar-refractivity contribution in [2.75, 3.05) is 18.0 Å². The molecule has 0 saturated heterocycles. The Hall–Kier alpha value is -0.981. The van der Waals surface area contributed by atoms with Crippen LogP contribution in [0, 0.1) is 0 Å².